The zero-order valence-electron chi connectivity index (χ0n) is 14.8. The van der Waals surface area contributed by atoms with E-state index >= 15 is 0 Å². The molecule has 0 rings (SSSR count). The maximum absolute atomic E-state index is 10.8. The summed E-state index contributed by atoms with van der Waals surface area (Å²) < 4.78 is 4.92. The molecule has 0 aromatic rings. The van der Waals surface area contributed by atoms with E-state index in [1.807, 2.05) is 6.08 Å². The van der Waals surface area contributed by atoms with Gasteiger partial charge in [-0.1, -0.05) is 57.4 Å². The summed E-state index contributed by atoms with van der Waals surface area (Å²) >= 11 is 0. The Morgan fingerprint density at radius 2 is 1.57 bits per heavy atom. The van der Waals surface area contributed by atoms with Crippen molar-refractivity contribution in [1.29, 1.82) is 0 Å². The van der Waals surface area contributed by atoms with Crippen molar-refractivity contribution in [1.82, 2.24) is 0 Å². The summed E-state index contributed by atoms with van der Waals surface area (Å²) in [5.41, 5.74) is 0. The lowest BCUT2D eigenvalue weighted by Crippen LogP contribution is -2.26. The van der Waals surface area contributed by atoms with Gasteiger partial charge in [-0.15, -0.1) is 6.58 Å². The van der Waals surface area contributed by atoms with Crippen LogP contribution in [-0.2, 0) is 9.53 Å². The molecule has 0 aliphatic rings. The predicted molar refractivity (Wildman–Crippen MR) is 94.2 cm³/mol. The van der Waals surface area contributed by atoms with Crippen LogP contribution < -0.4 is 0 Å². The summed E-state index contributed by atoms with van der Waals surface area (Å²) in [5, 5.41) is 19.0. The van der Waals surface area contributed by atoms with Crippen molar-refractivity contribution in [2.45, 2.75) is 96.2 Å². The van der Waals surface area contributed by atoms with E-state index in [0.717, 1.165) is 19.3 Å². The molecule has 0 aliphatic heterocycles. The SMILES string of the molecule is C=CCCCCCCCCCCC[C@@H](O)C[C@H](CO)OC(C)=O. The fraction of sp³-hybridized carbons (Fsp3) is 0.842. The van der Waals surface area contributed by atoms with Gasteiger partial charge in [0.05, 0.1) is 12.7 Å². The van der Waals surface area contributed by atoms with Gasteiger partial charge in [-0.05, 0) is 19.3 Å². The van der Waals surface area contributed by atoms with Crippen LogP contribution >= 0.6 is 0 Å². The van der Waals surface area contributed by atoms with Crippen LogP contribution in [0.25, 0.3) is 0 Å². The Hall–Kier alpha value is -0.870. The zero-order valence-corrected chi connectivity index (χ0v) is 14.8. The number of hydrogen-bond donors (Lipinski definition) is 2. The molecule has 0 heterocycles. The minimum atomic E-state index is -0.580. The summed E-state index contributed by atoms with van der Waals surface area (Å²) in [7, 11) is 0. The number of carbonyl (C=O) groups is 1. The van der Waals surface area contributed by atoms with Crippen molar-refractivity contribution in [3.63, 3.8) is 0 Å². The van der Waals surface area contributed by atoms with Gasteiger partial charge in [-0.2, -0.15) is 0 Å². The quantitative estimate of drug-likeness (QED) is 0.254. The first kappa shape index (κ1) is 22.1. The Morgan fingerprint density at radius 1 is 1.04 bits per heavy atom. The van der Waals surface area contributed by atoms with Crippen LogP contribution in [0.15, 0.2) is 12.7 Å². The average molecular weight is 328 g/mol. The maximum Gasteiger partial charge on any atom is 0.302 e. The average Bonchev–Trinajstić information content (AvgIpc) is 2.51. The fourth-order valence-electron chi connectivity index (χ4n) is 2.72. The number of hydrogen-bond acceptors (Lipinski definition) is 4. The molecule has 0 radical (unpaired) electrons. The minimum Gasteiger partial charge on any atom is -0.460 e. The molecular weight excluding hydrogens is 292 g/mol. The van der Waals surface area contributed by atoms with E-state index < -0.39 is 18.2 Å². The number of unbranched alkanes of at least 4 members (excludes halogenated alkanes) is 9. The van der Waals surface area contributed by atoms with Crippen LogP contribution in [0.3, 0.4) is 0 Å². The van der Waals surface area contributed by atoms with E-state index in [9.17, 15) is 9.90 Å². The summed E-state index contributed by atoms with van der Waals surface area (Å²) in [4.78, 5) is 10.8. The molecule has 2 atom stereocenters. The van der Waals surface area contributed by atoms with Crippen molar-refractivity contribution in [3.8, 4) is 0 Å². The molecule has 0 spiro atoms. The van der Waals surface area contributed by atoms with Crippen LogP contribution in [0.4, 0.5) is 0 Å². The van der Waals surface area contributed by atoms with Gasteiger partial charge in [0, 0.05) is 13.3 Å². The van der Waals surface area contributed by atoms with Crippen molar-refractivity contribution in [3.05, 3.63) is 12.7 Å². The Morgan fingerprint density at radius 3 is 2.04 bits per heavy atom. The third-order valence-corrected chi connectivity index (χ3v) is 4.02. The highest BCUT2D eigenvalue weighted by molar-refractivity contribution is 5.66. The topological polar surface area (TPSA) is 66.8 Å². The standard InChI is InChI=1S/C19H36O4/c1-3-4-5-6-7-8-9-10-11-12-13-14-18(22)15-19(16-20)23-17(2)21/h3,18-20,22H,1,4-16H2,2H3/t18-,19-/m1/s1. The first-order valence-electron chi connectivity index (χ1n) is 9.17. The lowest BCUT2D eigenvalue weighted by atomic mass is 10.0. The van der Waals surface area contributed by atoms with Gasteiger partial charge in [0.2, 0.25) is 0 Å². The van der Waals surface area contributed by atoms with E-state index in [4.69, 9.17) is 9.84 Å². The van der Waals surface area contributed by atoms with Crippen molar-refractivity contribution < 1.29 is 19.7 Å². The van der Waals surface area contributed by atoms with Crippen LogP contribution in [0.1, 0.15) is 84.0 Å². The van der Waals surface area contributed by atoms with E-state index in [1.54, 1.807) is 0 Å². The molecule has 4 heteroatoms. The fourth-order valence-corrected chi connectivity index (χ4v) is 2.72. The molecule has 0 bridgehead atoms. The van der Waals surface area contributed by atoms with Gasteiger partial charge in [0.15, 0.2) is 0 Å². The lowest BCUT2D eigenvalue weighted by molar-refractivity contribution is -0.149. The molecule has 0 aromatic carbocycles. The van der Waals surface area contributed by atoms with E-state index in [1.165, 1.54) is 51.9 Å². The van der Waals surface area contributed by atoms with Crippen LogP contribution in [0.2, 0.25) is 0 Å². The van der Waals surface area contributed by atoms with Gasteiger partial charge in [0.1, 0.15) is 6.10 Å². The van der Waals surface area contributed by atoms with Gasteiger partial charge in [0.25, 0.3) is 0 Å². The second-order valence-corrected chi connectivity index (χ2v) is 6.35. The van der Waals surface area contributed by atoms with Crippen molar-refractivity contribution in [2.24, 2.45) is 0 Å². The molecule has 4 nitrogen and oxygen atoms in total. The smallest absolute Gasteiger partial charge is 0.302 e. The van der Waals surface area contributed by atoms with Gasteiger partial charge < -0.3 is 14.9 Å². The molecule has 0 saturated heterocycles. The molecule has 136 valence electrons. The zero-order chi connectivity index (χ0) is 17.3. The summed E-state index contributed by atoms with van der Waals surface area (Å²) in [6.45, 7) is 4.81. The molecular formula is C19H36O4. The predicted octanol–water partition coefficient (Wildman–Crippen LogP) is 4.14. The highest BCUT2D eigenvalue weighted by atomic mass is 16.5. The molecule has 23 heavy (non-hydrogen) atoms. The summed E-state index contributed by atoms with van der Waals surface area (Å²) in [6.07, 6.45) is 14.2. The Bertz CT molecular complexity index is 291. The van der Waals surface area contributed by atoms with E-state index in [0.29, 0.717) is 12.8 Å². The second kappa shape index (κ2) is 16.0. The third kappa shape index (κ3) is 15.8. The number of carbonyl (C=O) groups excluding carboxylic acids is 1. The van der Waals surface area contributed by atoms with Gasteiger partial charge >= 0.3 is 5.97 Å². The largest absolute Gasteiger partial charge is 0.460 e. The highest BCUT2D eigenvalue weighted by Gasteiger charge is 2.16. The molecule has 0 saturated carbocycles. The molecule has 0 aromatic heterocycles. The monoisotopic (exact) mass is 328 g/mol. The normalized spacial score (nSPS) is 13.5. The summed E-state index contributed by atoms with van der Waals surface area (Å²) in [6, 6.07) is 0. The first-order chi connectivity index (χ1) is 11.1. The van der Waals surface area contributed by atoms with E-state index in [2.05, 4.69) is 6.58 Å². The number of rotatable bonds is 16. The first-order valence-corrected chi connectivity index (χ1v) is 9.17. The Kier molecular flexibility index (Phi) is 15.4. The highest BCUT2D eigenvalue weighted by Crippen LogP contribution is 2.14. The van der Waals surface area contributed by atoms with E-state index in [-0.39, 0.29) is 6.61 Å². The lowest BCUT2D eigenvalue weighted by Gasteiger charge is -2.18. The number of allylic oxidation sites excluding steroid dienone is 1. The Labute approximate surface area is 141 Å². The van der Waals surface area contributed by atoms with Gasteiger partial charge in [-0.25, -0.2) is 0 Å². The molecule has 0 fully saturated rings. The third-order valence-electron chi connectivity index (χ3n) is 4.02. The second-order valence-electron chi connectivity index (χ2n) is 6.35. The van der Waals surface area contributed by atoms with Gasteiger partial charge in [-0.3, -0.25) is 4.79 Å². The molecule has 0 amide bonds. The molecule has 0 unspecified atom stereocenters. The Balaban J connectivity index is 3.39. The van der Waals surface area contributed by atoms with Crippen molar-refractivity contribution >= 4 is 5.97 Å². The number of ether oxygens (including phenoxy) is 1. The number of aliphatic hydroxyl groups is 2. The minimum absolute atomic E-state index is 0.233. The van der Waals surface area contributed by atoms with Crippen LogP contribution in [0, 0.1) is 0 Å². The molecule has 0 aliphatic carbocycles. The summed E-state index contributed by atoms with van der Waals surface area (Å²) in [5.74, 6) is -0.416. The number of aliphatic hydroxyl groups excluding tert-OH is 2. The maximum atomic E-state index is 10.8. The van der Waals surface area contributed by atoms with Crippen molar-refractivity contribution in [2.75, 3.05) is 6.61 Å². The number of esters is 1. The molecule has 2 N–H and O–H groups in total. The van der Waals surface area contributed by atoms with Crippen LogP contribution in [-0.4, -0.2) is 35.0 Å². The van der Waals surface area contributed by atoms with Crippen LogP contribution in [0.5, 0.6) is 0 Å².